The molecular formula is C8H11ClN2O2. The van der Waals surface area contributed by atoms with Gasteiger partial charge in [-0.25, -0.2) is 0 Å². The molecule has 0 heterocycles. The Morgan fingerprint density at radius 2 is 2.15 bits per heavy atom. The van der Waals surface area contributed by atoms with Crippen molar-refractivity contribution in [2.75, 3.05) is 0 Å². The maximum Gasteiger partial charge on any atom is 0.269 e. The molecule has 72 valence electrons. The van der Waals surface area contributed by atoms with E-state index in [9.17, 15) is 10.1 Å². The van der Waals surface area contributed by atoms with Gasteiger partial charge in [-0.2, -0.15) is 0 Å². The number of halogens is 1. The highest BCUT2D eigenvalue weighted by Crippen LogP contribution is 2.16. The van der Waals surface area contributed by atoms with Gasteiger partial charge in [0.15, 0.2) is 0 Å². The Bertz CT molecular complexity index is 302. The Labute approximate surface area is 82.3 Å². The molecule has 0 aliphatic carbocycles. The van der Waals surface area contributed by atoms with E-state index in [0.29, 0.717) is 0 Å². The highest BCUT2D eigenvalue weighted by molar-refractivity contribution is 5.85. The Balaban J connectivity index is 0.00000144. The third-order valence-electron chi connectivity index (χ3n) is 1.61. The fourth-order valence-electron chi connectivity index (χ4n) is 0.922. The van der Waals surface area contributed by atoms with Gasteiger partial charge in [-0.1, -0.05) is 12.1 Å². The first-order valence-corrected chi connectivity index (χ1v) is 3.61. The van der Waals surface area contributed by atoms with Crippen LogP contribution in [0, 0.1) is 10.1 Å². The predicted octanol–water partition coefficient (Wildman–Crippen LogP) is 2.04. The third kappa shape index (κ3) is 3.01. The summed E-state index contributed by atoms with van der Waals surface area (Å²) in [6.45, 7) is 1.79. The van der Waals surface area contributed by atoms with E-state index in [-0.39, 0.29) is 24.1 Å². The Morgan fingerprint density at radius 3 is 2.62 bits per heavy atom. The van der Waals surface area contributed by atoms with E-state index in [1.165, 1.54) is 12.1 Å². The van der Waals surface area contributed by atoms with Crippen LogP contribution in [-0.4, -0.2) is 4.92 Å². The number of nitrogens with two attached hydrogens (primary N) is 1. The van der Waals surface area contributed by atoms with E-state index in [0.717, 1.165) is 5.56 Å². The number of hydrogen-bond donors (Lipinski definition) is 1. The first kappa shape index (κ1) is 11.9. The van der Waals surface area contributed by atoms with Gasteiger partial charge in [0.25, 0.3) is 5.69 Å². The summed E-state index contributed by atoms with van der Waals surface area (Å²) in [6.07, 6.45) is 0. The number of nitro groups is 1. The van der Waals surface area contributed by atoms with Crippen LogP contribution in [0.2, 0.25) is 0 Å². The van der Waals surface area contributed by atoms with Crippen molar-refractivity contribution in [3.63, 3.8) is 0 Å². The van der Waals surface area contributed by atoms with Gasteiger partial charge in [0.05, 0.1) is 4.92 Å². The lowest BCUT2D eigenvalue weighted by Gasteiger charge is -2.03. The summed E-state index contributed by atoms with van der Waals surface area (Å²) in [5.74, 6) is 0. The lowest BCUT2D eigenvalue weighted by Crippen LogP contribution is -2.04. The molecule has 1 atom stereocenters. The van der Waals surface area contributed by atoms with Gasteiger partial charge < -0.3 is 5.73 Å². The van der Waals surface area contributed by atoms with Gasteiger partial charge in [-0.3, -0.25) is 10.1 Å². The van der Waals surface area contributed by atoms with Gasteiger partial charge in [0.1, 0.15) is 0 Å². The van der Waals surface area contributed by atoms with E-state index in [1.807, 2.05) is 0 Å². The van der Waals surface area contributed by atoms with Crippen LogP contribution in [0.3, 0.4) is 0 Å². The lowest BCUT2D eigenvalue weighted by molar-refractivity contribution is -0.384. The normalized spacial score (nSPS) is 11.5. The number of non-ortho nitro benzene ring substituents is 1. The fraction of sp³-hybridized carbons (Fsp3) is 0.250. The minimum absolute atomic E-state index is 0. The molecule has 13 heavy (non-hydrogen) atoms. The van der Waals surface area contributed by atoms with Gasteiger partial charge in [0, 0.05) is 18.2 Å². The van der Waals surface area contributed by atoms with E-state index < -0.39 is 4.92 Å². The van der Waals surface area contributed by atoms with Crippen LogP contribution in [0.1, 0.15) is 18.5 Å². The van der Waals surface area contributed by atoms with Crippen molar-refractivity contribution >= 4 is 18.1 Å². The lowest BCUT2D eigenvalue weighted by atomic mass is 10.1. The van der Waals surface area contributed by atoms with Gasteiger partial charge in [0.2, 0.25) is 0 Å². The largest absolute Gasteiger partial charge is 0.324 e. The number of nitrogens with zero attached hydrogens (tertiary/aromatic N) is 1. The molecule has 0 amide bonds. The Kier molecular flexibility index (Phi) is 4.37. The van der Waals surface area contributed by atoms with Crippen molar-refractivity contribution in [1.29, 1.82) is 0 Å². The molecule has 0 radical (unpaired) electrons. The van der Waals surface area contributed by atoms with Crippen molar-refractivity contribution in [3.05, 3.63) is 39.9 Å². The molecule has 5 heteroatoms. The zero-order valence-electron chi connectivity index (χ0n) is 7.14. The number of rotatable bonds is 2. The number of hydrogen-bond acceptors (Lipinski definition) is 3. The minimum Gasteiger partial charge on any atom is -0.324 e. The first-order chi connectivity index (χ1) is 5.61. The van der Waals surface area contributed by atoms with Gasteiger partial charge in [-0.05, 0) is 12.5 Å². The average molecular weight is 203 g/mol. The summed E-state index contributed by atoms with van der Waals surface area (Å²) in [6, 6.07) is 6.19. The van der Waals surface area contributed by atoms with Crippen LogP contribution in [0.25, 0.3) is 0 Å². The molecule has 0 spiro atoms. The molecule has 1 aromatic rings. The number of nitro benzene ring substituents is 1. The van der Waals surface area contributed by atoms with Crippen LogP contribution in [0.4, 0.5) is 5.69 Å². The molecule has 0 aliphatic heterocycles. The zero-order chi connectivity index (χ0) is 9.14. The molecule has 0 saturated carbocycles. The standard InChI is InChI=1S/C8H10N2O2.ClH/c1-6(9)7-3-2-4-8(5-7)10(11)12;/h2-6H,9H2,1H3;1H. The first-order valence-electron chi connectivity index (χ1n) is 3.61. The SMILES string of the molecule is CC(N)c1cccc([N+](=O)[O-])c1.Cl. The molecule has 0 fully saturated rings. The Morgan fingerprint density at radius 1 is 1.54 bits per heavy atom. The second kappa shape index (κ2) is 4.79. The molecule has 4 nitrogen and oxygen atoms in total. The van der Waals surface area contributed by atoms with Crippen molar-refractivity contribution < 1.29 is 4.92 Å². The molecule has 1 unspecified atom stereocenters. The molecule has 1 rings (SSSR count). The second-order valence-electron chi connectivity index (χ2n) is 2.64. The summed E-state index contributed by atoms with van der Waals surface area (Å²) in [4.78, 5) is 9.92. The fourth-order valence-corrected chi connectivity index (χ4v) is 0.922. The molecule has 0 aromatic heterocycles. The van der Waals surface area contributed by atoms with Crippen LogP contribution in [-0.2, 0) is 0 Å². The van der Waals surface area contributed by atoms with Crippen LogP contribution in [0.5, 0.6) is 0 Å². The van der Waals surface area contributed by atoms with Crippen molar-refractivity contribution in [2.24, 2.45) is 5.73 Å². The van der Waals surface area contributed by atoms with Crippen LogP contribution < -0.4 is 5.73 Å². The van der Waals surface area contributed by atoms with Crippen molar-refractivity contribution in [1.82, 2.24) is 0 Å². The monoisotopic (exact) mass is 202 g/mol. The zero-order valence-corrected chi connectivity index (χ0v) is 7.95. The summed E-state index contributed by atoms with van der Waals surface area (Å²) >= 11 is 0. The summed E-state index contributed by atoms with van der Waals surface area (Å²) < 4.78 is 0. The molecule has 0 bridgehead atoms. The van der Waals surface area contributed by atoms with Crippen molar-refractivity contribution in [3.8, 4) is 0 Å². The molecule has 0 saturated heterocycles. The average Bonchev–Trinajstić information content (AvgIpc) is 2.04. The summed E-state index contributed by atoms with van der Waals surface area (Å²) in [7, 11) is 0. The highest BCUT2D eigenvalue weighted by atomic mass is 35.5. The van der Waals surface area contributed by atoms with E-state index in [2.05, 4.69) is 0 Å². The summed E-state index contributed by atoms with van der Waals surface area (Å²) in [5, 5.41) is 10.3. The summed E-state index contributed by atoms with van der Waals surface area (Å²) in [5.41, 5.74) is 6.43. The van der Waals surface area contributed by atoms with Crippen LogP contribution >= 0.6 is 12.4 Å². The van der Waals surface area contributed by atoms with Crippen LogP contribution in [0.15, 0.2) is 24.3 Å². The van der Waals surface area contributed by atoms with E-state index >= 15 is 0 Å². The topological polar surface area (TPSA) is 69.2 Å². The molecule has 0 aliphatic rings. The van der Waals surface area contributed by atoms with Crippen molar-refractivity contribution in [2.45, 2.75) is 13.0 Å². The van der Waals surface area contributed by atoms with E-state index in [4.69, 9.17) is 5.73 Å². The molecule has 1 aromatic carbocycles. The third-order valence-corrected chi connectivity index (χ3v) is 1.61. The number of benzene rings is 1. The van der Waals surface area contributed by atoms with E-state index in [1.54, 1.807) is 19.1 Å². The van der Waals surface area contributed by atoms with Gasteiger partial charge in [-0.15, -0.1) is 12.4 Å². The second-order valence-corrected chi connectivity index (χ2v) is 2.64. The minimum atomic E-state index is -0.425. The highest BCUT2D eigenvalue weighted by Gasteiger charge is 2.06. The molecular weight excluding hydrogens is 192 g/mol. The Hall–Kier alpha value is -1.13. The van der Waals surface area contributed by atoms with Gasteiger partial charge >= 0.3 is 0 Å². The maximum absolute atomic E-state index is 10.3. The maximum atomic E-state index is 10.3. The quantitative estimate of drug-likeness (QED) is 0.589. The smallest absolute Gasteiger partial charge is 0.269 e. The predicted molar refractivity (Wildman–Crippen MR) is 52.9 cm³/mol. The molecule has 2 N–H and O–H groups in total.